The number of fused-ring (bicyclic) bond motifs is 1. The summed E-state index contributed by atoms with van der Waals surface area (Å²) in [6.45, 7) is 2.29. The van der Waals surface area contributed by atoms with Crippen molar-refractivity contribution >= 4 is 22.6 Å². The molecule has 0 saturated heterocycles. The molecule has 0 spiro atoms. The lowest BCUT2D eigenvalue weighted by Crippen LogP contribution is -2.14. The van der Waals surface area contributed by atoms with Gasteiger partial charge in [0.1, 0.15) is 0 Å². The van der Waals surface area contributed by atoms with Crippen molar-refractivity contribution in [1.82, 2.24) is 0 Å². The van der Waals surface area contributed by atoms with Crippen LogP contribution in [0.3, 0.4) is 0 Å². The molecule has 1 aliphatic rings. The maximum absolute atomic E-state index is 2.41. The smallest absolute Gasteiger partial charge is 0.0133 e. The van der Waals surface area contributed by atoms with E-state index in [9.17, 15) is 0 Å². The fourth-order valence-corrected chi connectivity index (χ4v) is 3.09. The molecule has 1 aromatic rings. The second-order valence-corrected chi connectivity index (χ2v) is 5.91. The minimum atomic E-state index is 0.956. The minimum absolute atomic E-state index is 0.956. The lowest BCUT2D eigenvalue weighted by molar-refractivity contribution is 0.413. The van der Waals surface area contributed by atoms with Gasteiger partial charge in [0.05, 0.1) is 0 Å². The lowest BCUT2D eigenvalue weighted by atomic mass is 9.81. The summed E-state index contributed by atoms with van der Waals surface area (Å²) < 4.78 is 1.39. The fourth-order valence-electron chi connectivity index (χ4n) is 2.54. The van der Waals surface area contributed by atoms with Crippen molar-refractivity contribution in [2.75, 3.05) is 0 Å². The van der Waals surface area contributed by atoms with Crippen molar-refractivity contribution < 1.29 is 0 Å². The first-order valence-electron chi connectivity index (χ1n) is 6.07. The normalized spacial score (nSPS) is 20.0. The number of benzene rings is 1. The van der Waals surface area contributed by atoms with Gasteiger partial charge in [-0.3, -0.25) is 0 Å². The number of halogens is 1. The molecule has 1 aliphatic carbocycles. The molecule has 1 atom stereocenters. The van der Waals surface area contributed by atoms with Crippen molar-refractivity contribution in [1.29, 1.82) is 0 Å². The zero-order valence-electron chi connectivity index (χ0n) is 9.43. The topological polar surface area (TPSA) is 0 Å². The van der Waals surface area contributed by atoms with Gasteiger partial charge in [0.15, 0.2) is 0 Å². The largest absolute Gasteiger partial charge is 0.0654 e. The predicted molar refractivity (Wildman–Crippen MR) is 74.2 cm³/mol. The van der Waals surface area contributed by atoms with Crippen molar-refractivity contribution in [3.63, 3.8) is 0 Å². The van der Waals surface area contributed by atoms with Crippen LogP contribution in [0.2, 0.25) is 0 Å². The van der Waals surface area contributed by atoms with Crippen LogP contribution in [-0.4, -0.2) is 0 Å². The molecule has 0 fully saturated rings. The van der Waals surface area contributed by atoms with Gasteiger partial charge in [0, 0.05) is 3.57 Å². The van der Waals surface area contributed by atoms with Gasteiger partial charge in [-0.05, 0) is 71.0 Å². The van der Waals surface area contributed by atoms with Gasteiger partial charge in [0.2, 0.25) is 0 Å². The Bertz CT molecular complexity index is 330. The number of unbranched alkanes of at least 4 members (excludes halogenated alkanes) is 1. The molecule has 0 aliphatic heterocycles. The van der Waals surface area contributed by atoms with E-state index in [0.717, 1.165) is 5.92 Å². The van der Waals surface area contributed by atoms with E-state index in [4.69, 9.17) is 0 Å². The third-order valence-electron chi connectivity index (χ3n) is 3.46. The molecular formula is C14H19I. The molecule has 0 amide bonds. The molecule has 1 unspecified atom stereocenters. The van der Waals surface area contributed by atoms with Gasteiger partial charge in [-0.25, -0.2) is 0 Å². The van der Waals surface area contributed by atoms with Crippen molar-refractivity contribution in [2.24, 2.45) is 5.92 Å². The first-order chi connectivity index (χ1) is 7.29. The van der Waals surface area contributed by atoms with Crippen LogP contribution in [0.5, 0.6) is 0 Å². The Morgan fingerprint density at radius 2 is 2.20 bits per heavy atom. The van der Waals surface area contributed by atoms with Crippen LogP contribution < -0.4 is 0 Å². The molecule has 0 heterocycles. The van der Waals surface area contributed by atoms with Crippen LogP contribution in [0.25, 0.3) is 0 Å². The first kappa shape index (κ1) is 11.4. The Morgan fingerprint density at radius 3 is 3.00 bits per heavy atom. The van der Waals surface area contributed by atoms with Gasteiger partial charge in [0.25, 0.3) is 0 Å². The highest BCUT2D eigenvalue weighted by Gasteiger charge is 2.17. The summed E-state index contributed by atoms with van der Waals surface area (Å²) in [7, 11) is 0. The highest BCUT2D eigenvalue weighted by Crippen LogP contribution is 2.29. The molecule has 0 nitrogen and oxygen atoms in total. The monoisotopic (exact) mass is 314 g/mol. The average Bonchev–Trinajstić information content (AvgIpc) is 2.26. The van der Waals surface area contributed by atoms with Crippen LogP contribution in [0.1, 0.15) is 43.7 Å². The quantitative estimate of drug-likeness (QED) is 0.716. The summed E-state index contributed by atoms with van der Waals surface area (Å²) >= 11 is 2.41. The van der Waals surface area contributed by atoms with E-state index in [1.165, 1.54) is 42.1 Å². The highest BCUT2D eigenvalue weighted by atomic mass is 127. The summed E-state index contributed by atoms with van der Waals surface area (Å²) in [6, 6.07) is 6.96. The van der Waals surface area contributed by atoms with Crippen molar-refractivity contribution in [3.05, 3.63) is 32.9 Å². The Labute approximate surface area is 107 Å². The molecule has 82 valence electrons. The summed E-state index contributed by atoms with van der Waals surface area (Å²) in [6.07, 6.45) is 8.22. The van der Waals surface area contributed by atoms with Gasteiger partial charge in [-0.2, -0.15) is 0 Å². The van der Waals surface area contributed by atoms with E-state index in [2.05, 4.69) is 47.7 Å². The minimum Gasteiger partial charge on any atom is -0.0654 e. The van der Waals surface area contributed by atoms with E-state index in [-0.39, 0.29) is 0 Å². The zero-order chi connectivity index (χ0) is 10.7. The molecule has 0 bridgehead atoms. The maximum Gasteiger partial charge on any atom is 0.0133 e. The van der Waals surface area contributed by atoms with E-state index >= 15 is 0 Å². The highest BCUT2D eigenvalue weighted by molar-refractivity contribution is 14.1. The van der Waals surface area contributed by atoms with E-state index < -0.39 is 0 Å². The first-order valence-corrected chi connectivity index (χ1v) is 7.14. The van der Waals surface area contributed by atoms with Crippen LogP contribution in [0, 0.1) is 9.49 Å². The Hall–Kier alpha value is -0.0500. The molecular weight excluding hydrogens is 295 g/mol. The second-order valence-electron chi connectivity index (χ2n) is 4.66. The number of hydrogen-bond acceptors (Lipinski definition) is 0. The Balaban J connectivity index is 2.03. The van der Waals surface area contributed by atoms with E-state index in [0.29, 0.717) is 0 Å². The average molecular weight is 314 g/mol. The van der Waals surface area contributed by atoms with E-state index in [1.54, 1.807) is 11.1 Å². The third kappa shape index (κ3) is 2.96. The summed E-state index contributed by atoms with van der Waals surface area (Å²) in [5, 5.41) is 0. The van der Waals surface area contributed by atoms with E-state index in [1.807, 2.05) is 0 Å². The molecule has 0 N–H and O–H groups in total. The molecule has 1 heteroatoms. The van der Waals surface area contributed by atoms with Gasteiger partial charge in [-0.1, -0.05) is 32.3 Å². The summed E-state index contributed by atoms with van der Waals surface area (Å²) in [5.41, 5.74) is 3.22. The zero-order valence-corrected chi connectivity index (χ0v) is 11.6. The summed E-state index contributed by atoms with van der Waals surface area (Å²) in [4.78, 5) is 0. The molecule has 0 radical (unpaired) electrons. The SMILES string of the molecule is CCCCC1CCc2cc(I)ccc2C1. The molecule has 15 heavy (non-hydrogen) atoms. The summed E-state index contributed by atoms with van der Waals surface area (Å²) in [5.74, 6) is 0.956. The fraction of sp³-hybridized carbons (Fsp3) is 0.571. The van der Waals surface area contributed by atoms with Crippen molar-refractivity contribution in [2.45, 2.75) is 45.4 Å². The molecule has 0 aromatic heterocycles. The van der Waals surface area contributed by atoms with Crippen molar-refractivity contribution in [3.8, 4) is 0 Å². The Morgan fingerprint density at radius 1 is 1.33 bits per heavy atom. The standard InChI is InChI=1S/C14H19I/c1-2-3-4-11-5-6-13-10-14(15)8-7-12(13)9-11/h7-8,10-11H,2-6,9H2,1H3. The molecule has 1 aromatic carbocycles. The van der Waals surface area contributed by atoms with Crippen LogP contribution in [-0.2, 0) is 12.8 Å². The predicted octanol–water partition coefficient (Wildman–Crippen LogP) is 4.59. The molecule has 0 saturated carbocycles. The maximum atomic E-state index is 2.41. The number of rotatable bonds is 3. The molecule has 2 rings (SSSR count). The second kappa shape index (κ2) is 5.33. The van der Waals surface area contributed by atoms with Crippen LogP contribution >= 0.6 is 22.6 Å². The van der Waals surface area contributed by atoms with Gasteiger partial charge < -0.3 is 0 Å². The Kier molecular flexibility index (Phi) is 4.06. The van der Waals surface area contributed by atoms with Gasteiger partial charge in [-0.15, -0.1) is 0 Å². The van der Waals surface area contributed by atoms with Crippen LogP contribution in [0.4, 0.5) is 0 Å². The lowest BCUT2D eigenvalue weighted by Gasteiger charge is -2.24. The third-order valence-corrected chi connectivity index (χ3v) is 4.14. The number of hydrogen-bond donors (Lipinski definition) is 0. The number of aryl methyl sites for hydroxylation is 1. The van der Waals surface area contributed by atoms with Gasteiger partial charge >= 0.3 is 0 Å². The van der Waals surface area contributed by atoms with Crippen LogP contribution in [0.15, 0.2) is 18.2 Å².